The predicted molar refractivity (Wildman–Crippen MR) is 63.7 cm³/mol. The molecule has 0 heterocycles. The second-order valence-corrected chi connectivity index (χ2v) is 3.71. The normalized spacial score (nSPS) is 11.2. The Kier molecular flexibility index (Phi) is 3.74. The number of benzene rings is 1. The standard InChI is InChI=1S/C12H14N4/c1-9(5-6-13)16(2)11-4-3-10(8-14)12(15)7-11/h3-4,7,9H,5,15H2,1-2H3. The van der Waals surface area contributed by atoms with Gasteiger partial charge in [-0.15, -0.1) is 0 Å². The molecule has 0 aliphatic rings. The van der Waals surface area contributed by atoms with Gasteiger partial charge in [-0.1, -0.05) is 0 Å². The van der Waals surface area contributed by atoms with Crippen molar-refractivity contribution in [1.82, 2.24) is 0 Å². The zero-order chi connectivity index (χ0) is 12.1. The molecular weight excluding hydrogens is 200 g/mol. The van der Waals surface area contributed by atoms with Crippen LogP contribution < -0.4 is 10.6 Å². The molecule has 1 aromatic carbocycles. The van der Waals surface area contributed by atoms with E-state index in [0.717, 1.165) is 5.69 Å². The molecule has 0 aliphatic heterocycles. The fourth-order valence-corrected chi connectivity index (χ4v) is 1.39. The third kappa shape index (κ3) is 2.43. The molecule has 0 amide bonds. The van der Waals surface area contributed by atoms with Crippen LogP contribution >= 0.6 is 0 Å². The molecule has 0 fully saturated rings. The van der Waals surface area contributed by atoms with E-state index in [0.29, 0.717) is 17.7 Å². The van der Waals surface area contributed by atoms with Gasteiger partial charge >= 0.3 is 0 Å². The second-order valence-electron chi connectivity index (χ2n) is 3.71. The third-order valence-electron chi connectivity index (χ3n) is 2.61. The molecule has 0 radical (unpaired) electrons. The van der Waals surface area contributed by atoms with Crippen molar-refractivity contribution in [2.75, 3.05) is 17.7 Å². The zero-order valence-corrected chi connectivity index (χ0v) is 9.44. The number of anilines is 2. The first-order valence-corrected chi connectivity index (χ1v) is 4.99. The van der Waals surface area contributed by atoms with E-state index < -0.39 is 0 Å². The minimum absolute atomic E-state index is 0.123. The summed E-state index contributed by atoms with van der Waals surface area (Å²) in [6.07, 6.45) is 0.455. The molecule has 4 heteroatoms. The molecule has 0 bridgehead atoms. The van der Waals surface area contributed by atoms with Crippen LogP contribution in [0, 0.1) is 22.7 Å². The van der Waals surface area contributed by atoms with Crippen LogP contribution in [0.25, 0.3) is 0 Å². The van der Waals surface area contributed by atoms with Crippen molar-refractivity contribution in [1.29, 1.82) is 10.5 Å². The SMILES string of the molecule is CC(CC#N)N(C)c1ccc(C#N)c(N)c1. The van der Waals surface area contributed by atoms with E-state index in [1.165, 1.54) is 0 Å². The molecular formula is C12H14N4. The van der Waals surface area contributed by atoms with Crippen molar-refractivity contribution in [3.63, 3.8) is 0 Å². The molecule has 1 unspecified atom stereocenters. The fraction of sp³-hybridized carbons (Fsp3) is 0.333. The van der Waals surface area contributed by atoms with Crippen molar-refractivity contribution < 1.29 is 0 Å². The molecule has 0 spiro atoms. The average molecular weight is 214 g/mol. The van der Waals surface area contributed by atoms with Gasteiger partial charge in [0.1, 0.15) is 6.07 Å². The highest BCUT2D eigenvalue weighted by atomic mass is 15.1. The Bertz CT molecular complexity index is 453. The average Bonchev–Trinajstić information content (AvgIpc) is 2.28. The van der Waals surface area contributed by atoms with Gasteiger partial charge in [0.15, 0.2) is 0 Å². The molecule has 0 saturated heterocycles. The van der Waals surface area contributed by atoms with Crippen molar-refractivity contribution in [3.05, 3.63) is 23.8 Å². The largest absolute Gasteiger partial charge is 0.398 e. The van der Waals surface area contributed by atoms with Crippen molar-refractivity contribution in [3.8, 4) is 12.1 Å². The second kappa shape index (κ2) is 5.04. The van der Waals surface area contributed by atoms with Crippen LogP contribution in [0.1, 0.15) is 18.9 Å². The molecule has 4 nitrogen and oxygen atoms in total. The predicted octanol–water partition coefficient (Wildman–Crippen LogP) is 1.88. The van der Waals surface area contributed by atoms with E-state index in [1.807, 2.05) is 31.0 Å². The van der Waals surface area contributed by atoms with E-state index in [4.69, 9.17) is 16.3 Å². The molecule has 0 aliphatic carbocycles. The number of hydrogen-bond donors (Lipinski definition) is 1. The Morgan fingerprint density at radius 3 is 2.62 bits per heavy atom. The summed E-state index contributed by atoms with van der Waals surface area (Å²) in [7, 11) is 1.91. The minimum atomic E-state index is 0.123. The van der Waals surface area contributed by atoms with Crippen LogP contribution in [0.15, 0.2) is 18.2 Å². The maximum atomic E-state index is 8.75. The Morgan fingerprint density at radius 2 is 2.12 bits per heavy atom. The maximum Gasteiger partial charge on any atom is 0.101 e. The van der Waals surface area contributed by atoms with E-state index in [9.17, 15) is 0 Å². The van der Waals surface area contributed by atoms with Gasteiger partial charge in [0.2, 0.25) is 0 Å². The van der Waals surface area contributed by atoms with Crippen LogP contribution in [0.3, 0.4) is 0 Å². The lowest BCUT2D eigenvalue weighted by molar-refractivity contribution is 0.703. The van der Waals surface area contributed by atoms with Gasteiger partial charge in [-0.05, 0) is 25.1 Å². The summed E-state index contributed by atoms with van der Waals surface area (Å²) < 4.78 is 0. The Morgan fingerprint density at radius 1 is 1.44 bits per heavy atom. The summed E-state index contributed by atoms with van der Waals surface area (Å²) >= 11 is 0. The van der Waals surface area contributed by atoms with E-state index >= 15 is 0 Å². The number of nitrogens with two attached hydrogens (primary N) is 1. The smallest absolute Gasteiger partial charge is 0.101 e. The summed E-state index contributed by atoms with van der Waals surface area (Å²) in [5.41, 5.74) is 7.59. The summed E-state index contributed by atoms with van der Waals surface area (Å²) in [6.45, 7) is 1.97. The number of nitriles is 2. The number of nitrogens with zero attached hydrogens (tertiary/aromatic N) is 3. The van der Waals surface area contributed by atoms with Crippen molar-refractivity contribution >= 4 is 11.4 Å². The number of rotatable bonds is 3. The fourth-order valence-electron chi connectivity index (χ4n) is 1.39. The quantitative estimate of drug-likeness (QED) is 0.779. The zero-order valence-electron chi connectivity index (χ0n) is 9.44. The summed E-state index contributed by atoms with van der Waals surface area (Å²) in [4.78, 5) is 1.97. The van der Waals surface area contributed by atoms with Gasteiger partial charge in [-0.3, -0.25) is 0 Å². The van der Waals surface area contributed by atoms with Crippen LogP contribution in [0.5, 0.6) is 0 Å². The Hall–Kier alpha value is -2.20. The van der Waals surface area contributed by atoms with Gasteiger partial charge in [0.05, 0.1) is 23.7 Å². The lowest BCUT2D eigenvalue weighted by Gasteiger charge is -2.25. The van der Waals surface area contributed by atoms with Crippen LogP contribution in [-0.2, 0) is 0 Å². The molecule has 0 aromatic heterocycles. The summed E-state index contributed by atoms with van der Waals surface area (Å²) in [5.74, 6) is 0. The van der Waals surface area contributed by atoms with E-state index in [2.05, 4.69) is 6.07 Å². The van der Waals surface area contributed by atoms with Crippen LogP contribution in [0.4, 0.5) is 11.4 Å². The van der Waals surface area contributed by atoms with Gasteiger partial charge in [-0.25, -0.2) is 0 Å². The lowest BCUT2D eigenvalue weighted by Crippen LogP contribution is -2.28. The molecule has 2 N–H and O–H groups in total. The lowest BCUT2D eigenvalue weighted by atomic mass is 10.1. The molecule has 1 atom stereocenters. The molecule has 1 aromatic rings. The third-order valence-corrected chi connectivity index (χ3v) is 2.61. The minimum Gasteiger partial charge on any atom is -0.398 e. The molecule has 82 valence electrons. The van der Waals surface area contributed by atoms with Gasteiger partial charge in [0, 0.05) is 18.8 Å². The maximum absolute atomic E-state index is 8.75. The van der Waals surface area contributed by atoms with Crippen molar-refractivity contribution in [2.45, 2.75) is 19.4 Å². The van der Waals surface area contributed by atoms with Gasteiger partial charge in [0.25, 0.3) is 0 Å². The summed E-state index contributed by atoms with van der Waals surface area (Å²) in [6, 6.07) is 9.56. The van der Waals surface area contributed by atoms with Crippen LogP contribution in [-0.4, -0.2) is 13.1 Å². The highest BCUT2D eigenvalue weighted by Gasteiger charge is 2.10. The Labute approximate surface area is 95.5 Å². The number of hydrogen-bond acceptors (Lipinski definition) is 4. The Balaban J connectivity index is 2.94. The number of nitrogen functional groups attached to an aromatic ring is 1. The van der Waals surface area contributed by atoms with Crippen LogP contribution in [0.2, 0.25) is 0 Å². The molecule has 0 saturated carbocycles. The first kappa shape index (κ1) is 11.9. The first-order chi connectivity index (χ1) is 7.60. The molecule has 1 rings (SSSR count). The van der Waals surface area contributed by atoms with Gasteiger partial charge in [-0.2, -0.15) is 10.5 Å². The van der Waals surface area contributed by atoms with E-state index in [-0.39, 0.29) is 6.04 Å². The highest BCUT2D eigenvalue weighted by molar-refractivity contribution is 5.63. The van der Waals surface area contributed by atoms with Gasteiger partial charge < -0.3 is 10.6 Å². The summed E-state index contributed by atoms with van der Waals surface area (Å²) in [5, 5.41) is 17.4. The van der Waals surface area contributed by atoms with Crippen molar-refractivity contribution in [2.24, 2.45) is 0 Å². The first-order valence-electron chi connectivity index (χ1n) is 4.99. The molecule has 16 heavy (non-hydrogen) atoms. The highest BCUT2D eigenvalue weighted by Crippen LogP contribution is 2.22. The van der Waals surface area contributed by atoms with E-state index in [1.54, 1.807) is 12.1 Å². The monoisotopic (exact) mass is 214 g/mol. The topological polar surface area (TPSA) is 76.8 Å².